The normalized spacial score (nSPS) is 20.1. The third-order valence-electron chi connectivity index (χ3n) is 3.43. The van der Waals surface area contributed by atoms with E-state index in [9.17, 15) is 0 Å². The molecule has 98 valence electrons. The largest absolute Gasteiger partial charge is 0.330 e. The molecular formula is C13H15N5O. The predicted octanol–water partition coefficient (Wildman–Crippen LogP) is 1.23. The third-order valence-corrected chi connectivity index (χ3v) is 3.43. The highest BCUT2D eigenvalue weighted by Gasteiger charge is 2.15. The van der Waals surface area contributed by atoms with Gasteiger partial charge in [-0.05, 0) is 24.8 Å². The fourth-order valence-corrected chi connectivity index (χ4v) is 2.45. The first kappa shape index (κ1) is 12.1. The van der Waals surface area contributed by atoms with E-state index in [1.807, 2.05) is 6.07 Å². The summed E-state index contributed by atoms with van der Waals surface area (Å²) in [5, 5.41) is 9.02. The van der Waals surface area contributed by atoms with Crippen LogP contribution < -0.4 is 5.48 Å². The molecule has 2 aromatic rings. The van der Waals surface area contributed by atoms with Crippen LogP contribution in [0, 0.1) is 17.2 Å². The Morgan fingerprint density at radius 1 is 1.53 bits per heavy atom. The number of nitrogens with zero attached hydrogens (tertiary/aromatic N) is 4. The van der Waals surface area contributed by atoms with Crippen LogP contribution in [0.2, 0.25) is 0 Å². The molecular weight excluding hydrogens is 242 g/mol. The zero-order valence-corrected chi connectivity index (χ0v) is 10.5. The number of fused-ring (bicyclic) bond motifs is 1. The van der Waals surface area contributed by atoms with Crippen LogP contribution in [0.1, 0.15) is 18.5 Å². The van der Waals surface area contributed by atoms with Gasteiger partial charge in [0.25, 0.3) is 0 Å². The SMILES string of the molecule is N#Cc1nccc2c1ncn2CC1CCCONC1. The van der Waals surface area contributed by atoms with Gasteiger partial charge in [0.1, 0.15) is 11.6 Å². The maximum atomic E-state index is 9.02. The van der Waals surface area contributed by atoms with Crippen molar-refractivity contribution in [2.45, 2.75) is 19.4 Å². The molecule has 1 aliphatic rings. The first-order valence-corrected chi connectivity index (χ1v) is 6.43. The Labute approximate surface area is 111 Å². The maximum absolute atomic E-state index is 9.02. The summed E-state index contributed by atoms with van der Waals surface area (Å²) in [6.45, 7) is 2.49. The van der Waals surface area contributed by atoms with Gasteiger partial charge in [-0.15, -0.1) is 0 Å². The molecule has 1 aliphatic heterocycles. The van der Waals surface area contributed by atoms with Crippen LogP contribution in [-0.2, 0) is 11.4 Å². The lowest BCUT2D eigenvalue weighted by Gasteiger charge is -2.14. The number of nitrogens with one attached hydrogen (secondary N) is 1. The van der Waals surface area contributed by atoms with E-state index in [1.54, 1.807) is 12.5 Å². The summed E-state index contributed by atoms with van der Waals surface area (Å²) in [4.78, 5) is 13.6. The fourth-order valence-electron chi connectivity index (χ4n) is 2.45. The molecule has 2 aromatic heterocycles. The zero-order valence-electron chi connectivity index (χ0n) is 10.5. The second-order valence-electron chi connectivity index (χ2n) is 4.74. The highest BCUT2D eigenvalue weighted by Crippen LogP contribution is 2.18. The van der Waals surface area contributed by atoms with E-state index in [4.69, 9.17) is 10.1 Å². The van der Waals surface area contributed by atoms with Gasteiger partial charge in [-0.1, -0.05) is 0 Å². The van der Waals surface area contributed by atoms with Crippen molar-refractivity contribution in [2.24, 2.45) is 5.92 Å². The minimum Gasteiger partial charge on any atom is -0.330 e. The monoisotopic (exact) mass is 257 g/mol. The van der Waals surface area contributed by atoms with Crippen LogP contribution in [0.25, 0.3) is 11.0 Å². The molecule has 1 fully saturated rings. The van der Waals surface area contributed by atoms with Gasteiger partial charge in [-0.2, -0.15) is 5.26 Å². The quantitative estimate of drug-likeness (QED) is 0.875. The number of imidazole rings is 1. The molecule has 1 N–H and O–H groups in total. The topological polar surface area (TPSA) is 75.8 Å². The second-order valence-corrected chi connectivity index (χ2v) is 4.74. The van der Waals surface area contributed by atoms with Gasteiger partial charge < -0.3 is 9.40 Å². The molecule has 3 heterocycles. The standard InChI is InChI=1S/C13H15N5O/c14-6-11-13-12(3-4-15-11)18(9-16-13)8-10-2-1-5-19-17-7-10/h3-4,9-10,17H,1-2,5,7-8H2. The van der Waals surface area contributed by atoms with Gasteiger partial charge in [0.05, 0.1) is 18.5 Å². The lowest BCUT2D eigenvalue weighted by Crippen LogP contribution is -2.23. The van der Waals surface area contributed by atoms with Crippen LogP contribution in [0.4, 0.5) is 0 Å². The van der Waals surface area contributed by atoms with Crippen molar-refractivity contribution >= 4 is 11.0 Å². The summed E-state index contributed by atoms with van der Waals surface area (Å²) in [5.41, 5.74) is 5.02. The number of nitriles is 1. The van der Waals surface area contributed by atoms with E-state index < -0.39 is 0 Å². The average Bonchev–Trinajstić information content (AvgIpc) is 2.68. The van der Waals surface area contributed by atoms with Crippen molar-refractivity contribution in [3.8, 4) is 6.07 Å². The predicted molar refractivity (Wildman–Crippen MR) is 68.9 cm³/mol. The molecule has 19 heavy (non-hydrogen) atoms. The van der Waals surface area contributed by atoms with Crippen molar-refractivity contribution in [2.75, 3.05) is 13.2 Å². The van der Waals surface area contributed by atoms with Gasteiger partial charge in [-0.3, -0.25) is 0 Å². The van der Waals surface area contributed by atoms with E-state index in [-0.39, 0.29) is 0 Å². The Kier molecular flexibility index (Phi) is 3.40. The van der Waals surface area contributed by atoms with Crippen molar-refractivity contribution in [1.82, 2.24) is 20.0 Å². The summed E-state index contributed by atoms with van der Waals surface area (Å²) in [6, 6.07) is 3.98. The molecule has 6 heteroatoms. The van der Waals surface area contributed by atoms with Gasteiger partial charge in [0.15, 0.2) is 5.69 Å². The number of pyridine rings is 1. The average molecular weight is 257 g/mol. The number of aromatic nitrogens is 3. The Hall–Kier alpha value is -1.97. The van der Waals surface area contributed by atoms with E-state index in [0.29, 0.717) is 17.1 Å². The van der Waals surface area contributed by atoms with E-state index in [0.717, 1.165) is 38.1 Å². The minimum atomic E-state index is 0.388. The van der Waals surface area contributed by atoms with Crippen molar-refractivity contribution in [1.29, 1.82) is 5.26 Å². The van der Waals surface area contributed by atoms with Crippen molar-refractivity contribution < 1.29 is 4.84 Å². The Bertz CT molecular complexity index is 607. The first-order chi connectivity index (χ1) is 9.38. The van der Waals surface area contributed by atoms with Crippen LogP contribution in [0.3, 0.4) is 0 Å². The Morgan fingerprint density at radius 2 is 2.47 bits per heavy atom. The highest BCUT2D eigenvalue weighted by molar-refractivity contribution is 5.79. The minimum absolute atomic E-state index is 0.388. The molecule has 0 aliphatic carbocycles. The first-order valence-electron chi connectivity index (χ1n) is 6.43. The number of rotatable bonds is 2. The molecule has 1 saturated heterocycles. The molecule has 6 nitrogen and oxygen atoms in total. The molecule has 0 saturated carbocycles. The Morgan fingerprint density at radius 3 is 3.37 bits per heavy atom. The van der Waals surface area contributed by atoms with Crippen LogP contribution >= 0.6 is 0 Å². The Balaban J connectivity index is 1.87. The molecule has 1 atom stereocenters. The van der Waals surface area contributed by atoms with E-state index >= 15 is 0 Å². The van der Waals surface area contributed by atoms with Crippen LogP contribution in [0.15, 0.2) is 18.6 Å². The number of hydroxylamine groups is 1. The van der Waals surface area contributed by atoms with Crippen molar-refractivity contribution in [3.05, 3.63) is 24.3 Å². The molecule has 0 radical (unpaired) electrons. The molecule has 1 unspecified atom stereocenters. The van der Waals surface area contributed by atoms with Crippen LogP contribution in [-0.4, -0.2) is 27.7 Å². The van der Waals surface area contributed by atoms with E-state index in [2.05, 4.69) is 26.1 Å². The highest BCUT2D eigenvalue weighted by atomic mass is 16.6. The zero-order chi connectivity index (χ0) is 13.1. The molecule has 0 aromatic carbocycles. The third kappa shape index (κ3) is 2.43. The van der Waals surface area contributed by atoms with Gasteiger partial charge in [0, 0.05) is 19.3 Å². The van der Waals surface area contributed by atoms with Gasteiger partial charge >= 0.3 is 0 Å². The fraction of sp³-hybridized carbons (Fsp3) is 0.462. The van der Waals surface area contributed by atoms with Crippen LogP contribution in [0.5, 0.6) is 0 Å². The van der Waals surface area contributed by atoms with E-state index in [1.165, 1.54) is 0 Å². The summed E-state index contributed by atoms with van der Waals surface area (Å²) in [7, 11) is 0. The second kappa shape index (κ2) is 5.34. The lowest BCUT2D eigenvalue weighted by molar-refractivity contribution is 0.0486. The number of hydrogen-bond donors (Lipinski definition) is 1. The van der Waals surface area contributed by atoms with Crippen molar-refractivity contribution in [3.63, 3.8) is 0 Å². The van der Waals surface area contributed by atoms with Gasteiger partial charge in [-0.25, -0.2) is 15.4 Å². The summed E-state index contributed by atoms with van der Waals surface area (Å²) >= 11 is 0. The molecule has 3 rings (SSSR count). The number of hydrogen-bond acceptors (Lipinski definition) is 5. The molecule has 0 bridgehead atoms. The lowest BCUT2D eigenvalue weighted by atomic mass is 10.0. The molecule has 0 amide bonds. The molecule has 0 spiro atoms. The summed E-state index contributed by atoms with van der Waals surface area (Å²) in [6.07, 6.45) is 5.64. The summed E-state index contributed by atoms with van der Waals surface area (Å²) in [5.74, 6) is 0.513. The maximum Gasteiger partial charge on any atom is 0.168 e. The smallest absolute Gasteiger partial charge is 0.168 e. The van der Waals surface area contributed by atoms with Gasteiger partial charge in [0.2, 0.25) is 0 Å². The summed E-state index contributed by atoms with van der Waals surface area (Å²) < 4.78 is 2.09.